The Morgan fingerprint density at radius 1 is 1.11 bits per heavy atom. The molecule has 0 aliphatic rings. The zero-order valence-corrected chi connectivity index (χ0v) is 12.1. The van der Waals surface area contributed by atoms with E-state index in [0.717, 1.165) is 15.7 Å². The first kappa shape index (κ1) is 13.0. The average Bonchev–Trinajstić information content (AvgIpc) is 2.36. The first-order chi connectivity index (χ1) is 8.59. The minimum absolute atomic E-state index is 0.301. The summed E-state index contributed by atoms with van der Waals surface area (Å²) in [4.78, 5) is 0. The summed E-state index contributed by atoms with van der Waals surface area (Å²) in [6.07, 6.45) is 0. The second-order valence-corrected chi connectivity index (χ2v) is 5.20. The maximum atomic E-state index is 9.91. The molecule has 0 aliphatic carbocycles. The SMILES string of the molecule is Cc1cccc(NCc2cccc(Br)c2O)c1C. The average molecular weight is 306 g/mol. The van der Waals surface area contributed by atoms with Gasteiger partial charge in [-0.2, -0.15) is 0 Å². The lowest BCUT2D eigenvalue weighted by atomic mass is 10.1. The fourth-order valence-corrected chi connectivity index (χ4v) is 2.24. The van der Waals surface area contributed by atoms with Crippen molar-refractivity contribution >= 4 is 21.6 Å². The predicted molar refractivity (Wildman–Crippen MR) is 79.0 cm³/mol. The van der Waals surface area contributed by atoms with E-state index in [0.29, 0.717) is 12.3 Å². The van der Waals surface area contributed by atoms with Crippen molar-refractivity contribution in [1.82, 2.24) is 0 Å². The molecule has 3 heteroatoms. The number of phenols is 1. The number of phenolic OH excluding ortho intramolecular Hbond substituents is 1. The van der Waals surface area contributed by atoms with Gasteiger partial charge in [-0.05, 0) is 53.0 Å². The molecule has 0 atom stereocenters. The maximum absolute atomic E-state index is 9.91. The van der Waals surface area contributed by atoms with Crippen LogP contribution < -0.4 is 5.32 Å². The lowest BCUT2D eigenvalue weighted by molar-refractivity contribution is 0.465. The van der Waals surface area contributed by atoms with E-state index < -0.39 is 0 Å². The number of nitrogens with one attached hydrogen (secondary N) is 1. The van der Waals surface area contributed by atoms with E-state index in [-0.39, 0.29) is 0 Å². The normalized spacial score (nSPS) is 10.4. The van der Waals surface area contributed by atoms with Crippen molar-refractivity contribution in [3.63, 3.8) is 0 Å². The molecule has 0 fully saturated rings. The van der Waals surface area contributed by atoms with Gasteiger partial charge in [0.1, 0.15) is 5.75 Å². The summed E-state index contributed by atoms with van der Waals surface area (Å²) < 4.78 is 0.725. The molecule has 18 heavy (non-hydrogen) atoms. The Kier molecular flexibility index (Phi) is 3.92. The second kappa shape index (κ2) is 5.44. The third kappa shape index (κ3) is 2.67. The number of hydrogen-bond donors (Lipinski definition) is 2. The van der Waals surface area contributed by atoms with Crippen LogP contribution in [0, 0.1) is 13.8 Å². The van der Waals surface area contributed by atoms with Gasteiger partial charge in [0, 0.05) is 17.8 Å². The molecule has 2 aromatic rings. The summed E-state index contributed by atoms with van der Waals surface area (Å²) in [6.45, 7) is 4.80. The molecule has 2 N–H and O–H groups in total. The molecule has 0 bridgehead atoms. The van der Waals surface area contributed by atoms with Crippen LogP contribution in [0.25, 0.3) is 0 Å². The number of aromatic hydroxyl groups is 1. The van der Waals surface area contributed by atoms with Gasteiger partial charge in [-0.3, -0.25) is 0 Å². The van der Waals surface area contributed by atoms with E-state index in [1.54, 1.807) is 0 Å². The van der Waals surface area contributed by atoms with Gasteiger partial charge in [-0.25, -0.2) is 0 Å². The van der Waals surface area contributed by atoms with Gasteiger partial charge in [0.2, 0.25) is 0 Å². The van der Waals surface area contributed by atoms with Crippen LogP contribution in [0.15, 0.2) is 40.9 Å². The molecule has 0 heterocycles. The largest absolute Gasteiger partial charge is 0.506 e. The summed E-state index contributed by atoms with van der Waals surface area (Å²) in [5, 5.41) is 13.3. The van der Waals surface area contributed by atoms with Crippen LogP contribution in [-0.2, 0) is 6.54 Å². The molecule has 0 aliphatic heterocycles. The van der Waals surface area contributed by atoms with Gasteiger partial charge in [-0.15, -0.1) is 0 Å². The summed E-state index contributed by atoms with van der Waals surface area (Å²) in [5.41, 5.74) is 4.49. The first-order valence-corrected chi connectivity index (χ1v) is 6.65. The van der Waals surface area contributed by atoms with Crippen LogP contribution in [0.1, 0.15) is 16.7 Å². The van der Waals surface area contributed by atoms with Gasteiger partial charge in [0.15, 0.2) is 0 Å². The van der Waals surface area contributed by atoms with Gasteiger partial charge in [0.25, 0.3) is 0 Å². The highest BCUT2D eigenvalue weighted by Gasteiger charge is 2.05. The molecule has 0 spiro atoms. The third-order valence-electron chi connectivity index (χ3n) is 3.14. The summed E-state index contributed by atoms with van der Waals surface area (Å²) in [7, 11) is 0. The summed E-state index contributed by atoms with van der Waals surface area (Å²) >= 11 is 3.32. The Balaban J connectivity index is 2.17. The molecule has 94 valence electrons. The lowest BCUT2D eigenvalue weighted by Crippen LogP contribution is -2.02. The molecule has 2 aromatic carbocycles. The van der Waals surface area contributed by atoms with Crippen molar-refractivity contribution in [3.8, 4) is 5.75 Å². The van der Waals surface area contributed by atoms with Crippen molar-refractivity contribution in [2.75, 3.05) is 5.32 Å². The molecular weight excluding hydrogens is 290 g/mol. The number of rotatable bonds is 3. The van der Waals surface area contributed by atoms with Gasteiger partial charge in [0.05, 0.1) is 4.47 Å². The minimum Gasteiger partial charge on any atom is -0.506 e. The van der Waals surface area contributed by atoms with Crippen LogP contribution in [0.3, 0.4) is 0 Å². The highest BCUT2D eigenvalue weighted by molar-refractivity contribution is 9.10. The van der Waals surface area contributed by atoms with Crippen molar-refractivity contribution in [2.45, 2.75) is 20.4 Å². The molecule has 0 radical (unpaired) electrons. The van der Waals surface area contributed by atoms with Crippen LogP contribution in [0.2, 0.25) is 0 Å². The zero-order valence-electron chi connectivity index (χ0n) is 10.5. The smallest absolute Gasteiger partial charge is 0.134 e. The lowest BCUT2D eigenvalue weighted by Gasteiger charge is -2.12. The highest BCUT2D eigenvalue weighted by atomic mass is 79.9. The molecular formula is C15H16BrNO. The highest BCUT2D eigenvalue weighted by Crippen LogP contribution is 2.28. The van der Waals surface area contributed by atoms with E-state index in [1.807, 2.05) is 24.3 Å². The Morgan fingerprint density at radius 2 is 1.83 bits per heavy atom. The number of hydrogen-bond acceptors (Lipinski definition) is 2. The topological polar surface area (TPSA) is 32.3 Å². The molecule has 0 saturated heterocycles. The van der Waals surface area contributed by atoms with Crippen LogP contribution >= 0.6 is 15.9 Å². The summed E-state index contributed by atoms with van der Waals surface area (Å²) in [5.74, 6) is 0.301. The Morgan fingerprint density at radius 3 is 2.61 bits per heavy atom. The zero-order chi connectivity index (χ0) is 13.1. The third-order valence-corrected chi connectivity index (χ3v) is 3.78. The fraction of sp³-hybridized carbons (Fsp3) is 0.200. The molecule has 0 amide bonds. The monoisotopic (exact) mass is 305 g/mol. The van der Waals surface area contributed by atoms with E-state index in [1.165, 1.54) is 11.1 Å². The minimum atomic E-state index is 0.301. The number of benzene rings is 2. The van der Waals surface area contributed by atoms with Gasteiger partial charge in [-0.1, -0.05) is 24.3 Å². The number of para-hydroxylation sites is 1. The Labute approximate surface area is 116 Å². The number of halogens is 1. The maximum Gasteiger partial charge on any atom is 0.134 e. The molecule has 2 nitrogen and oxygen atoms in total. The van der Waals surface area contributed by atoms with E-state index in [4.69, 9.17) is 0 Å². The van der Waals surface area contributed by atoms with Crippen molar-refractivity contribution < 1.29 is 5.11 Å². The van der Waals surface area contributed by atoms with Crippen LogP contribution in [0.4, 0.5) is 5.69 Å². The van der Waals surface area contributed by atoms with E-state index >= 15 is 0 Å². The van der Waals surface area contributed by atoms with E-state index in [9.17, 15) is 5.11 Å². The molecule has 0 aromatic heterocycles. The summed E-state index contributed by atoms with van der Waals surface area (Å²) in [6, 6.07) is 11.8. The van der Waals surface area contributed by atoms with Gasteiger partial charge < -0.3 is 10.4 Å². The second-order valence-electron chi connectivity index (χ2n) is 4.35. The first-order valence-electron chi connectivity index (χ1n) is 5.86. The van der Waals surface area contributed by atoms with Crippen molar-refractivity contribution in [3.05, 3.63) is 57.6 Å². The number of aryl methyl sites for hydroxylation is 1. The van der Waals surface area contributed by atoms with Crippen LogP contribution in [-0.4, -0.2) is 5.11 Å². The fourth-order valence-electron chi connectivity index (χ4n) is 1.84. The van der Waals surface area contributed by atoms with Crippen molar-refractivity contribution in [1.29, 1.82) is 0 Å². The van der Waals surface area contributed by atoms with Crippen molar-refractivity contribution in [2.24, 2.45) is 0 Å². The Bertz CT molecular complexity index is 515. The Hall–Kier alpha value is -1.48. The van der Waals surface area contributed by atoms with E-state index in [2.05, 4.69) is 47.2 Å². The van der Waals surface area contributed by atoms with Gasteiger partial charge >= 0.3 is 0 Å². The molecule has 0 unspecified atom stereocenters. The quantitative estimate of drug-likeness (QED) is 0.882. The molecule has 2 rings (SSSR count). The number of anilines is 1. The van der Waals surface area contributed by atoms with Crippen LogP contribution in [0.5, 0.6) is 5.75 Å². The predicted octanol–water partition coefficient (Wildman–Crippen LogP) is 4.38. The standard InChI is InChI=1S/C15H16BrNO/c1-10-5-3-8-14(11(10)2)17-9-12-6-4-7-13(16)15(12)18/h3-8,17-18H,9H2,1-2H3. The molecule has 0 saturated carbocycles.